The summed E-state index contributed by atoms with van der Waals surface area (Å²) in [5.41, 5.74) is 1.01. The predicted octanol–water partition coefficient (Wildman–Crippen LogP) is 1.68. The van der Waals surface area contributed by atoms with E-state index in [0.717, 1.165) is 19.5 Å². The summed E-state index contributed by atoms with van der Waals surface area (Å²) in [6.45, 7) is 7.69. The van der Waals surface area contributed by atoms with E-state index < -0.39 is 11.0 Å². The van der Waals surface area contributed by atoms with E-state index in [-0.39, 0.29) is 29.4 Å². The molecule has 2 saturated heterocycles. The van der Waals surface area contributed by atoms with Gasteiger partial charge in [0.25, 0.3) is 5.56 Å². The van der Waals surface area contributed by atoms with Crippen LogP contribution < -0.4 is 15.6 Å². The zero-order valence-electron chi connectivity index (χ0n) is 20.5. The number of aliphatic hydroxyl groups excluding tert-OH is 1. The van der Waals surface area contributed by atoms with Gasteiger partial charge in [0.05, 0.1) is 22.8 Å². The van der Waals surface area contributed by atoms with Crippen molar-refractivity contribution in [2.24, 2.45) is 5.92 Å². The molecule has 0 saturated carbocycles. The van der Waals surface area contributed by atoms with Crippen LogP contribution in [-0.4, -0.2) is 86.7 Å². The molecule has 35 heavy (non-hydrogen) atoms. The van der Waals surface area contributed by atoms with Gasteiger partial charge in [-0.25, -0.2) is 13.5 Å². The van der Waals surface area contributed by atoms with Gasteiger partial charge in [-0.1, -0.05) is 13.3 Å². The lowest BCUT2D eigenvalue weighted by Gasteiger charge is -2.50. The number of H-pyrrole nitrogens is 1. The molecule has 3 heterocycles. The van der Waals surface area contributed by atoms with Gasteiger partial charge in [-0.2, -0.15) is 0 Å². The second-order valence-corrected chi connectivity index (χ2v) is 10.4. The smallest absolute Gasteiger partial charge is 0.275 e. The first-order valence-corrected chi connectivity index (χ1v) is 13.2. The number of aliphatic hydroxyl groups is 1. The van der Waals surface area contributed by atoms with Gasteiger partial charge < -0.3 is 25.6 Å². The average molecular weight is 503 g/mol. The minimum Gasteiger partial charge on any atom is -0.493 e. The van der Waals surface area contributed by atoms with E-state index in [1.165, 1.54) is 0 Å². The summed E-state index contributed by atoms with van der Waals surface area (Å²) in [6, 6.07) is 5.66. The number of rotatable bonds is 11. The SMILES string of the molecule is CCCC(=N)c1nc(-c2cc(S(=O)N3CC(N4CC(CO)C4)C3)ccc2OCC)[nH]c(=O)c1NC. The number of anilines is 1. The molecule has 4 N–H and O–H groups in total. The maximum absolute atomic E-state index is 13.3. The third-order valence-electron chi connectivity index (χ3n) is 6.49. The highest BCUT2D eigenvalue weighted by Gasteiger charge is 2.40. The molecule has 1 atom stereocenters. The molecule has 2 aromatic rings. The molecule has 0 amide bonds. The Labute approximate surface area is 207 Å². The van der Waals surface area contributed by atoms with E-state index >= 15 is 0 Å². The predicted molar refractivity (Wildman–Crippen MR) is 137 cm³/mol. The van der Waals surface area contributed by atoms with E-state index in [1.807, 2.05) is 18.2 Å². The summed E-state index contributed by atoms with van der Waals surface area (Å²) in [6.07, 6.45) is 1.26. The second-order valence-electron chi connectivity index (χ2n) is 8.96. The van der Waals surface area contributed by atoms with Crippen molar-refractivity contribution in [3.05, 3.63) is 34.2 Å². The minimum atomic E-state index is -1.36. The molecular weight excluding hydrogens is 468 g/mol. The van der Waals surface area contributed by atoms with Crippen LogP contribution in [0.25, 0.3) is 11.4 Å². The first-order chi connectivity index (χ1) is 16.9. The molecule has 2 fully saturated rings. The number of hydrogen-bond donors (Lipinski definition) is 4. The number of aromatic nitrogens is 2. The molecule has 2 aliphatic rings. The number of hydrogen-bond acceptors (Lipinski definition) is 8. The van der Waals surface area contributed by atoms with Crippen LogP contribution >= 0.6 is 0 Å². The largest absolute Gasteiger partial charge is 0.493 e. The van der Waals surface area contributed by atoms with Crippen LogP contribution in [0.5, 0.6) is 5.75 Å². The maximum Gasteiger partial charge on any atom is 0.275 e. The molecule has 0 spiro atoms. The van der Waals surface area contributed by atoms with Gasteiger partial charge in [0.1, 0.15) is 33.9 Å². The summed E-state index contributed by atoms with van der Waals surface area (Å²) in [5, 5.41) is 20.5. The Bertz CT molecular complexity index is 1160. The van der Waals surface area contributed by atoms with Gasteiger partial charge >= 0.3 is 0 Å². The second kappa shape index (κ2) is 11.0. The summed E-state index contributed by atoms with van der Waals surface area (Å²) < 4.78 is 21.0. The van der Waals surface area contributed by atoms with Gasteiger partial charge in [0.15, 0.2) is 0 Å². The fraction of sp³-hybridized carbons (Fsp3) is 0.542. The summed E-state index contributed by atoms with van der Waals surface area (Å²) in [5.74, 6) is 1.17. The first-order valence-electron chi connectivity index (χ1n) is 12.1. The van der Waals surface area contributed by atoms with Crippen molar-refractivity contribution in [1.29, 1.82) is 5.41 Å². The highest BCUT2D eigenvalue weighted by Crippen LogP contribution is 2.33. The lowest BCUT2D eigenvalue weighted by Crippen LogP contribution is -2.65. The molecule has 0 radical (unpaired) electrons. The normalized spacial score (nSPS) is 18.1. The van der Waals surface area contributed by atoms with Crippen LogP contribution in [0.15, 0.2) is 27.9 Å². The van der Waals surface area contributed by atoms with Crippen molar-refractivity contribution >= 4 is 22.4 Å². The van der Waals surface area contributed by atoms with E-state index in [9.17, 15) is 14.1 Å². The molecule has 1 aromatic carbocycles. The zero-order valence-corrected chi connectivity index (χ0v) is 21.3. The van der Waals surface area contributed by atoms with Crippen molar-refractivity contribution in [3.8, 4) is 17.1 Å². The van der Waals surface area contributed by atoms with Gasteiger partial charge in [-0.15, -0.1) is 0 Å². The third kappa shape index (κ3) is 5.18. The number of benzene rings is 1. The quantitative estimate of drug-likeness (QED) is 0.343. The van der Waals surface area contributed by atoms with Gasteiger partial charge in [-0.3, -0.25) is 9.69 Å². The van der Waals surface area contributed by atoms with Gasteiger partial charge in [0.2, 0.25) is 0 Å². The molecule has 1 unspecified atom stereocenters. The van der Waals surface area contributed by atoms with E-state index in [2.05, 4.69) is 20.2 Å². The molecule has 4 rings (SSSR count). The number of aromatic amines is 1. The summed E-state index contributed by atoms with van der Waals surface area (Å²) >= 11 is 0. The monoisotopic (exact) mass is 502 g/mol. The Morgan fingerprint density at radius 1 is 1.31 bits per heavy atom. The average Bonchev–Trinajstić information content (AvgIpc) is 2.79. The standard InChI is InChI=1S/C24H34N6O4S/c1-4-6-19(25)21-22(26-3)24(32)28-23(27-21)18-9-17(7-8-20(18)34-5-2)35(33)30-12-16(13-30)29-10-15(11-29)14-31/h7-9,15-16,25-26,31H,4-6,10-14H2,1-3H3,(H,27,28,32). The number of ether oxygens (including phenoxy) is 1. The fourth-order valence-electron chi connectivity index (χ4n) is 4.46. The van der Waals surface area contributed by atoms with Crippen LogP contribution in [0.1, 0.15) is 32.4 Å². The Balaban J connectivity index is 1.61. The van der Waals surface area contributed by atoms with Crippen LogP contribution in [0.4, 0.5) is 5.69 Å². The molecule has 11 heteroatoms. The Hall–Kier alpha value is -2.60. The van der Waals surface area contributed by atoms with Crippen molar-refractivity contribution in [3.63, 3.8) is 0 Å². The minimum absolute atomic E-state index is 0.221. The van der Waals surface area contributed by atoms with Crippen molar-refractivity contribution < 1.29 is 14.1 Å². The zero-order chi connectivity index (χ0) is 25.1. The molecule has 190 valence electrons. The first kappa shape index (κ1) is 25.5. The number of nitrogens with zero attached hydrogens (tertiary/aromatic N) is 3. The topological polar surface area (TPSA) is 135 Å². The number of nitrogens with one attached hydrogen (secondary N) is 3. The summed E-state index contributed by atoms with van der Waals surface area (Å²) in [4.78, 5) is 23.2. The van der Waals surface area contributed by atoms with Crippen molar-refractivity contribution in [2.45, 2.75) is 37.6 Å². The Kier molecular flexibility index (Phi) is 8.00. The van der Waals surface area contributed by atoms with Crippen LogP contribution in [0, 0.1) is 11.3 Å². The van der Waals surface area contributed by atoms with Crippen molar-refractivity contribution in [2.75, 3.05) is 51.8 Å². The van der Waals surface area contributed by atoms with Crippen LogP contribution in [0.2, 0.25) is 0 Å². The van der Waals surface area contributed by atoms with Gasteiger partial charge in [0, 0.05) is 51.8 Å². The highest BCUT2D eigenvalue weighted by molar-refractivity contribution is 7.82. The molecule has 2 aliphatic heterocycles. The fourth-order valence-corrected chi connectivity index (χ4v) is 5.78. The molecule has 10 nitrogen and oxygen atoms in total. The molecule has 0 bridgehead atoms. The summed E-state index contributed by atoms with van der Waals surface area (Å²) in [7, 11) is 0.269. The lowest BCUT2D eigenvalue weighted by atomic mass is 9.96. The Morgan fingerprint density at radius 2 is 2.06 bits per heavy atom. The number of likely N-dealkylation sites (tertiary alicyclic amines) is 1. The van der Waals surface area contributed by atoms with Crippen molar-refractivity contribution in [1.82, 2.24) is 19.2 Å². The highest BCUT2D eigenvalue weighted by atomic mass is 32.2. The van der Waals surface area contributed by atoms with E-state index in [4.69, 9.17) is 10.1 Å². The lowest BCUT2D eigenvalue weighted by molar-refractivity contribution is -0.0191. The van der Waals surface area contributed by atoms with Crippen LogP contribution in [-0.2, 0) is 11.0 Å². The Morgan fingerprint density at radius 3 is 2.69 bits per heavy atom. The van der Waals surface area contributed by atoms with E-state index in [0.29, 0.717) is 60.0 Å². The van der Waals surface area contributed by atoms with Gasteiger partial charge in [-0.05, 0) is 31.5 Å². The molecular formula is C24H34N6O4S. The third-order valence-corrected chi connectivity index (χ3v) is 7.91. The van der Waals surface area contributed by atoms with Crippen LogP contribution in [0.3, 0.4) is 0 Å². The maximum atomic E-state index is 13.3. The molecule has 0 aliphatic carbocycles. The van der Waals surface area contributed by atoms with E-state index in [1.54, 1.807) is 25.2 Å². The molecule has 1 aromatic heterocycles.